The molecule has 0 aromatic heterocycles. The van der Waals surface area contributed by atoms with E-state index in [1.54, 1.807) is 0 Å². The number of hydrogen-bond donors (Lipinski definition) is 0. The van der Waals surface area contributed by atoms with Crippen LogP contribution in [-0.2, 0) is 17.7 Å². The molecule has 0 aliphatic rings. The summed E-state index contributed by atoms with van der Waals surface area (Å²) >= 11 is 0. The maximum absolute atomic E-state index is 6.35. The Labute approximate surface area is 158 Å². The Kier molecular flexibility index (Phi) is 14.7. The normalized spacial score (nSPS) is 13.4. The van der Waals surface area contributed by atoms with Crippen molar-refractivity contribution >= 4 is 17.1 Å². The average Bonchev–Trinajstić information content (AvgIpc) is 2.61. The van der Waals surface area contributed by atoms with Crippen molar-refractivity contribution in [2.24, 2.45) is 0 Å². The van der Waals surface area contributed by atoms with Crippen LogP contribution in [0.5, 0.6) is 0 Å². The second-order valence-corrected chi connectivity index (χ2v) is 12.7. The van der Waals surface area contributed by atoms with Crippen molar-refractivity contribution in [3.63, 3.8) is 0 Å². The Morgan fingerprint density at radius 2 is 0.840 bits per heavy atom. The van der Waals surface area contributed by atoms with Crippen molar-refractivity contribution in [2.45, 2.75) is 72.9 Å². The zero-order valence-electron chi connectivity index (χ0n) is 17.3. The SMILES string of the molecule is CC=C[Si](C[Si](C=CC)(OCCC)OCCC)(OCCC)OCCC. The molecular weight excluding hydrogens is 348 g/mol. The fraction of sp³-hybridized carbons (Fsp3) is 0.789. The lowest BCUT2D eigenvalue weighted by atomic mass is 10.5. The van der Waals surface area contributed by atoms with E-state index in [0.717, 1.165) is 31.4 Å². The van der Waals surface area contributed by atoms with Gasteiger partial charge < -0.3 is 17.7 Å². The van der Waals surface area contributed by atoms with E-state index in [1.807, 2.05) is 13.8 Å². The van der Waals surface area contributed by atoms with Crippen LogP contribution in [0, 0.1) is 0 Å². The molecule has 6 heteroatoms. The first-order valence-electron chi connectivity index (χ1n) is 9.91. The predicted octanol–water partition coefficient (Wildman–Crippen LogP) is 5.35. The molecule has 148 valence electrons. The Bertz CT molecular complexity index is 322. The van der Waals surface area contributed by atoms with Crippen LogP contribution < -0.4 is 0 Å². The quantitative estimate of drug-likeness (QED) is 0.334. The highest BCUT2D eigenvalue weighted by atomic mass is 28.4. The van der Waals surface area contributed by atoms with Crippen LogP contribution in [0.1, 0.15) is 67.2 Å². The molecule has 0 aromatic carbocycles. The Morgan fingerprint density at radius 3 is 1.04 bits per heavy atom. The summed E-state index contributed by atoms with van der Waals surface area (Å²) in [7, 11) is -5.06. The number of allylic oxidation sites excluding steroid dienone is 2. The highest BCUT2D eigenvalue weighted by molar-refractivity contribution is 6.90. The zero-order valence-corrected chi connectivity index (χ0v) is 19.3. The van der Waals surface area contributed by atoms with Crippen LogP contribution in [-0.4, -0.2) is 43.5 Å². The van der Waals surface area contributed by atoms with E-state index in [2.05, 4.69) is 51.2 Å². The first-order chi connectivity index (χ1) is 12.1. The third-order valence-corrected chi connectivity index (χ3v) is 11.9. The van der Waals surface area contributed by atoms with Crippen molar-refractivity contribution in [2.75, 3.05) is 26.4 Å². The highest BCUT2D eigenvalue weighted by Crippen LogP contribution is 2.28. The lowest BCUT2D eigenvalue weighted by Gasteiger charge is -2.36. The molecule has 0 heterocycles. The second kappa shape index (κ2) is 14.9. The third kappa shape index (κ3) is 9.87. The van der Waals surface area contributed by atoms with Crippen molar-refractivity contribution in [3.8, 4) is 0 Å². The number of rotatable bonds is 16. The van der Waals surface area contributed by atoms with E-state index in [4.69, 9.17) is 17.7 Å². The molecule has 4 nitrogen and oxygen atoms in total. The van der Waals surface area contributed by atoms with Crippen molar-refractivity contribution in [1.82, 2.24) is 0 Å². The van der Waals surface area contributed by atoms with Crippen LogP contribution in [0.3, 0.4) is 0 Å². The molecule has 0 N–H and O–H groups in total. The van der Waals surface area contributed by atoms with Gasteiger partial charge in [0.05, 0.1) is 0 Å². The molecule has 0 aromatic rings. The molecule has 0 radical (unpaired) electrons. The lowest BCUT2D eigenvalue weighted by Crippen LogP contribution is -2.54. The predicted molar refractivity (Wildman–Crippen MR) is 111 cm³/mol. The van der Waals surface area contributed by atoms with E-state index < -0.39 is 17.1 Å². The molecule has 0 aliphatic heterocycles. The van der Waals surface area contributed by atoms with E-state index in [9.17, 15) is 0 Å². The summed E-state index contributed by atoms with van der Waals surface area (Å²) in [5.41, 5.74) is 5.07. The van der Waals surface area contributed by atoms with E-state index in [0.29, 0.717) is 26.4 Å². The van der Waals surface area contributed by atoms with Crippen LogP contribution in [0.15, 0.2) is 23.6 Å². The van der Waals surface area contributed by atoms with Gasteiger partial charge in [0.25, 0.3) is 0 Å². The van der Waals surface area contributed by atoms with Crippen molar-refractivity contribution in [3.05, 3.63) is 23.6 Å². The smallest absolute Gasteiger partial charge is 0.367 e. The fourth-order valence-corrected chi connectivity index (χ4v) is 11.6. The molecule has 0 saturated heterocycles. The first-order valence-corrected chi connectivity index (χ1v) is 14.1. The molecule has 0 bridgehead atoms. The summed E-state index contributed by atoms with van der Waals surface area (Å²) in [6.07, 6.45) is 8.03. The molecule has 25 heavy (non-hydrogen) atoms. The minimum absolute atomic E-state index is 0.710. The maximum atomic E-state index is 6.35. The summed E-state index contributed by atoms with van der Waals surface area (Å²) in [4.78, 5) is 0. The zero-order chi connectivity index (χ0) is 19.0. The minimum Gasteiger partial charge on any atom is -0.391 e. The van der Waals surface area contributed by atoms with Gasteiger partial charge in [-0.2, -0.15) is 0 Å². The molecule has 0 spiro atoms. The van der Waals surface area contributed by atoms with Crippen LogP contribution in [0.2, 0.25) is 5.67 Å². The van der Waals surface area contributed by atoms with Gasteiger partial charge in [-0.1, -0.05) is 39.8 Å². The van der Waals surface area contributed by atoms with E-state index >= 15 is 0 Å². The van der Waals surface area contributed by atoms with Crippen molar-refractivity contribution in [1.29, 1.82) is 0 Å². The van der Waals surface area contributed by atoms with Gasteiger partial charge in [0, 0.05) is 32.1 Å². The van der Waals surface area contributed by atoms with E-state index in [1.165, 1.54) is 0 Å². The van der Waals surface area contributed by atoms with E-state index in [-0.39, 0.29) is 0 Å². The summed E-state index contributed by atoms with van der Waals surface area (Å²) < 4.78 is 25.4. The average molecular weight is 389 g/mol. The summed E-state index contributed by atoms with van der Waals surface area (Å²) in [6.45, 7) is 15.4. The molecular formula is C19H40O4Si2. The Balaban J connectivity index is 5.69. The van der Waals surface area contributed by atoms with Gasteiger partial charge in [-0.05, 0) is 50.9 Å². The van der Waals surface area contributed by atoms with Gasteiger partial charge in [0.1, 0.15) is 0 Å². The minimum atomic E-state index is -2.53. The molecule has 0 fully saturated rings. The van der Waals surface area contributed by atoms with Crippen LogP contribution in [0.4, 0.5) is 0 Å². The van der Waals surface area contributed by atoms with Gasteiger partial charge in [0.2, 0.25) is 0 Å². The molecule has 0 amide bonds. The van der Waals surface area contributed by atoms with Gasteiger partial charge >= 0.3 is 17.1 Å². The fourth-order valence-electron chi connectivity index (χ4n) is 2.55. The summed E-state index contributed by atoms with van der Waals surface area (Å²) in [5.74, 6) is 0. The molecule has 0 atom stereocenters. The molecule has 0 aliphatic carbocycles. The summed E-state index contributed by atoms with van der Waals surface area (Å²) in [6, 6.07) is 0. The van der Waals surface area contributed by atoms with Crippen LogP contribution in [0.25, 0.3) is 0 Å². The molecule has 0 unspecified atom stereocenters. The highest BCUT2D eigenvalue weighted by Gasteiger charge is 2.48. The van der Waals surface area contributed by atoms with Gasteiger partial charge in [-0.15, -0.1) is 0 Å². The largest absolute Gasteiger partial charge is 0.391 e. The number of hydrogen-bond acceptors (Lipinski definition) is 4. The summed E-state index contributed by atoms with van der Waals surface area (Å²) in [5, 5.41) is 0. The Hall–Kier alpha value is -0.246. The van der Waals surface area contributed by atoms with Gasteiger partial charge in [0.15, 0.2) is 0 Å². The Morgan fingerprint density at radius 1 is 0.560 bits per heavy atom. The van der Waals surface area contributed by atoms with Gasteiger partial charge in [-0.3, -0.25) is 0 Å². The topological polar surface area (TPSA) is 36.9 Å². The third-order valence-electron chi connectivity index (χ3n) is 3.54. The first kappa shape index (κ1) is 24.8. The maximum Gasteiger partial charge on any atom is 0.367 e. The molecule has 0 saturated carbocycles. The standard InChI is InChI=1S/C19H40O4Si2/c1-7-13-20-24(17-11-5,21-14-8-2)19-25(18-12-6,22-15-9-3)23-16-10-4/h11-12,17-18H,7-10,13-16,19H2,1-6H3. The monoisotopic (exact) mass is 388 g/mol. The van der Waals surface area contributed by atoms with Crippen molar-refractivity contribution < 1.29 is 17.7 Å². The lowest BCUT2D eigenvalue weighted by molar-refractivity contribution is 0.159. The van der Waals surface area contributed by atoms with Crippen LogP contribution >= 0.6 is 0 Å². The van der Waals surface area contributed by atoms with Gasteiger partial charge in [-0.25, -0.2) is 0 Å². The molecule has 0 rings (SSSR count). The second-order valence-electron chi connectivity index (χ2n) is 6.19.